The number of nitrogens with two attached hydrogens (primary N) is 1. The average Bonchev–Trinajstić information content (AvgIpc) is 2.56. The molecule has 2 heterocycles. The molecule has 4 N–H and O–H groups in total. The Balaban J connectivity index is 1.65. The van der Waals surface area contributed by atoms with Crippen molar-refractivity contribution in [2.24, 2.45) is 5.73 Å². The van der Waals surface area contributed by atoms with Gasteiger partial charge in [-0.05, 0) is 31.3 Å². The van der Waals surface area contributed by atoms with Crippen molar-refractivity contribution in [1.82, 2.24) is 14.9 Å². The highest BCUT2D eigenvalue weighted by atomic mass is 16.2. The van der Waals surface area contributed by atoms with Crippen LogP contribution in [0.15, 0.2) is 36.7 Å². The van der Waals surface area contributed by atoms with Crippen LogP contribution in [0.3, 0.4) is 0 Å². The number of hydrogen-bond acceptors (Lipinski definition) is 6. The number of aromatic nitrogens is 2. The number of nitrogens with one attached hydrogen (secondary N) is 2. The molecular formula is C16H21N7O. The van der Waals surface area contributed by atoms with Crippen molar-refractivity contribution in [3.05, 3.63) is 36.7 Å². The lowest BCUT2D eigenvalue weighted by molar-refractivity contribution is 0.259. The highest BCUT2D eigenvalue weighted by Gasteiger charge is 2.13. The number of urea groups is 1. The third-order valence-corrected chi connectivity index (χ3v) is 3.93. The van der Waals surface area contributed by atoms with E-state index in [0.717, 1.165) is 31.9 Å². The van der Waals surface area contributed by atoms with Crippen molar-refractivity contribution < 1.29 is 4.79 Å². The number of amides is 2. The van der Waals surface area contributed by atoms with Crippen molar-refractivity contribution >= 4 is 29.0 Å². The van der Waals surface area contributed by atoms with Gasteiger partial charge in [0.2, 0.25) is 0 Å². The van der Waals surface area contributed by atoms with E-state index in [1.807, 2.05) is 12.1 Å². The second-order valence-corrected chi connectivity index (χ2v) is 5.74. The zero-order valence-electron chi connectivity index (χ0n) is 13.6. The molecule has 0 atom stereocenters. The number of piperazine rings is 1. The molecule has 1 aliphatic heterocycles. The van der Waals surface area contributed by atoms with Crippen molar-refractivity contribution in [1.29, 1.82) is 0 Å². The van der Waals surface area contributed by atoms with Gasteiger partial charge in [-0.2, -0.15) is 0 Å². The van der Waals surface area contributed by atoms with Crippen LogP contribution in [-0.4, -0.2) is 54.1 Å². The van der Waals surface area contributed by atoms with E-state index in [1.54, 1.807) is 6.07 Å². The molecule has 1 aromatic heterocycles. The van der Waals surface area contributed by atoms with Crippen molar-refractivity contribution in [3.63, 3.8) is 0 Å². The number of carbonyl (C=O) groups is 1. The molecule has 0 radical (unpaired) electrons. The minimum Gasteiger partial charge on any atom is -0.369 e. The number of carbonyl (C=O) groups excluding carboxylic acids is 1. The fraction of sp³-hybridized carbons (Fsp3) is 0.312. The number of benzene rings is 1. The number of primary amides is 1. The summed E-state index contributed by atoms with van der Waals surface area (Å²) < 4.78 is 0. The Morgan fingerprint density at radius 3 is 2.42 bits per heavy atom. The second-order valence-electron chi connectivity index (χ2n) is 5.74. The monoisotopic (exact) mass is 327 g/mol. The molecule has 2 amide bonds. The molecule has 2 aromatic rings. The summed E-state index contributed by atoms with van der Waals surface area (Å²) in [4.78, 5) is 23.6. The summed E-state index contributed by atoms with van der Waals surface area (Å²) in [5, 5.41) is 5.61. The molecule has 8 heteroatoms. The maximum Gasteiger partial charge on any atom is 0.317 e. The number of nitrogens with zero attached hydrogens (tertiary/aromatic N) is 4. The summed E-state index contributed by atoms with van der Waals surface area (Å²) in [7, 11) is 2.15. The SMILES string of the molecule is CN1CCN(c2ccc(Nc3cc(NC(N)=O)ncn3)cc2)CC1. The Kier molecular flexibility index (Phi) is 4.76. The first-order valence-corrected chi connectivity index (χ1v) is 7.79. The third kappa shape index (κ3) is 4.11. The normalized spacial score (nSPS) is 15.1. The van der Waals surface area contributed by atoms with E-state index >= 15 is 0 Å². The zero-order valence-corrected chi connectivity index (χ0v) is 13.6. The lowest BCUT2D eigenvalue weighted by Gasteiger charge is -2.34. The molecule has 8 nitrogen and oxygen atoms in total. The largest absolute Gasteiger partial charge is 0.369 e. The smallest absolute Gasteiger partial charge is 0.317 e. The van der Waals surface area contributed by atoms with E-state index in [-0.39, 0.29) is 0 Å². The minimum atomic E-state index is -0.656. The highest BCUT2D eigenvalue weighted by Crippen LogP contribution is 2.21. The van der Waals surface area contributed by atoms with Crippen LogP contribution in [0.5, 0.6) is 0 Å². The molecular weight excluding hydrogens is 306 g/mol. The Labute approximate surface area is 140 Å². The molecule has 24 heavy (non-hydrogen) atoms. The van der Waals surface area contributed by atoms with E-state index in [2.05, 4.69) is 49.6 Å². The summed E-state index contributed by atoms with van der Waals surface area (Å²) in [5.41, 5.74) is 7.21. The van der Waals surface area contributed by atoms with Crippen molar-refractivity contribution in [2.75, 3.05) is 48.8 Å². The summed E-state index contributed by atoms with van der Waals surface area (Å²) in [6, 6.07) is 9.18. The Hall–Kier alpha value is -2.87. The Morgan fingerprint density at radius 2 is 1.75 bits per heavy atom. The number of anilines is 4. The van der Waals surface area contributed by atoms with E-state index in [1.165, 1.54) is 12.0 Å². The number of hydrogen-bond donors (Lipinski definition) is 3. The van der Waals surface area contributed by atoms with E-state index in [4.69, 9.17) is 5.73 Å². The first kappa shape index (κ1) is 16.0. The molecule has 1 aromatic carbocycles. The summed E-state index contributed by atoms with van der Waals surface area (Å²) in [6.45, 7) is 4.24. The lowest BCUT2D eigenvalue weighted by atomic mass is 10.2. The van der Waals surface area contributed by atoms with Crippen LogP contribution in [-0.2, 0) is 0 Å². The fourth-order valence-corrected chi connectivity index (χ4v) is 2.59. The predicted molar refractivity (Wildman–Crippen MR) is 94.7 cm³/mol. The molecule has 1 aliphatic rings. The lowest BCUT2D eigenvalue weighted by Crippen LogP contribution is -2.44. The summed E-state index contributed by atoms with van der Waals surface area (Å²) in [5.74, 6) is 0.940. The van der Waals surface area contributed by atoms with E-state index in [9.17, 15) is 4.79 Å². The second kappa shape index (κ2) is 7.14. The van der Waals surface area contributed by atoms with Gasteiger partial charge in [0.05, 0.1) is 0 Å². The fourth-order valence-electron chi connectivity index (χ4n) is 2.59. The molecule has 0 spiro atoms. The van der Waals surface area contributed by atoms with Crippen LogP contribution < -0.4 is 21.3 Å². The Bertz CT molecular complexity index is 696. The molecule has 3 rings (SSSR count). The van der Waals surface area contributed by atoms with Gasteiger partial charge in [-0.15, -0.1) is 0 Å². The standard InChI is InChI=1S/C16H21N7O/c1-22-6-8-23(9-7-22)13-4-2-12(3-5-13)20-14-10-15(19-11-18-14)21-16(17)24/h2-5,10-11H,6-9H2,1H3,(H4,17,18,19,20,21,24). The molecule has 0 bridgehead atoms. The quantitative estimate of drug-likeness (QED) is 0.786. The average molecular weight is 327 g/mol. The Morgan fingerprint density at radius 1 is 1.08 bits per heavy atom. The number of rotatable bonds is 4. The van der Waals surface area contributed by atoms with E-state index < -0.39 is 6.03 Å². The van der Waals surface area contributed by atoms with Gasteiger partial charge in [-0.3, -0.25) is 5.32 Å². The minimum absolute atomic E-state index is 0.356. The van der Waals surface area contributed by atoms with Gasteiger partial charge in [0.25, 0.3) is 0 Å². The molecule has 1 fully saturated rings. The summed E-state index contributed by atoms with van der Waals surface area (Å²) in [6.07, 6.45) is 1.37. The molecule has 0 unspecified atom stereocenters. The zero-order chi connectivity index (χ0) is 16.9. The van der Waals surface area contributed by atoms with Crippen molar-refractivity contribution in [2.45, 2.75) is 0 Å². The molecule has 1 saturated heterocycles. The molecule has 0 saturated carbocycles. The van der Waals surface area contributed by atoms with Gasteiger partial charge in [-0.25, -0.2) is 14.8 Å². The van der Waals surface area contributed by atoms with E-state index in [0.29, 0.717) is 11.6 Å². The van der Waals surface area contributed by atoms with Crippen LogP contribution in [0.4, 0.5) is 27.8 Å². The van der Waals surface area contributed by atoms with Crippen molar-refractivity contribution in [3.8, 4) is 0 Å². The van der Waals surface area contributed by atoms with Crippen LogP contribution in [0.2, 0.25) is 0 Å². The summed E-state index contributed by atoms with van der Waals surface area (Å²) >= 11 is 0. The van der Waals surface area contributed by atoms with Crippen LogP contribution in [0, 0.1) is 0 Å². The number of likely N-dealkylation sites (N-methyl/N-ethyl adjacent to an activating group) is 1. The first-order valence-electron chi connectivity index (χ1n) is 7.79. The van der Waals surface area contributed by atoms with Gasteiger partial charge in [0.15, 0.2) is 0 Å². The van der Waals surface area contributed by atoms with Crippen LogP contribution in [0.25, 0.3) is 0 Å². The van der Waals surface area contributed by atoms with Gasteiger partial charge in [0.1, 0.15) is 18.0 Å². The van der Waals surface area contributed by atoms with Gasteiger partial charge in [-0.1, -0.05) is 0 Å². The highest BCUT2D eigenvalue weighted by molar-refractivity contribution is 5.87. The van der Waals surface area contributed by atoms with Gasteiger partial charge in [0, 0.05) is 43.6 Å². The maximum absolute atomic E-state index is 10.9. The van der Waals surface area contributed by atoms with Gasteiger partial charge < -0.3 is 20.9 Å². The predicted octanol–water partition coefficient (Wildman–Crippen LogP) is 1.46. The van der Waals surface area contributed by atoms with Crippen LogP contribution in [0.1, 0.15) is 0 Å². The first-order chi connectivity index (χ1) is 11.6. The molecule has 126 valence electrons. The van der Waals surface area contributed by atoms with Crippen LogP contribution >= 0.6 is 0 Å². The molecule has 0 aliphatic carbocycles. The van der Waals surface area contributed by atoms with Gasteiger partial charge >= 0.3 is 6.03 Å². The third-order valence-electron chi connectivity index (χ3n) is 3.93. The maximum atomic E-state index is 10.9. The topological polar surface area (TPSA) is 99.4 Å².